The highest BCUT2D eigenvalue weighted by molar-refractivity contribution is 9.10. The maximum atomic E-state index is 5.96. The third-order valence-electron chi connectivity index (χ3n) is 2.37. The van der Waals surface area contributed by atoms with Gasteiger partial charge < -0.3 is 5.32 Å². The van der Waals surface area contributed by atoms with E-state index in [1.165, 1.54) is 5.56 Å². The average molecular weight is 327 g/mol. The van der Waals surface area contributed by atoms with Crippen LogP contribution in [0, 0.1) is 6.92 Å². The molecular weight excluding hydrogens is 314 g/mol. The number of aromatic nitrogens is 2. The molecule has 0 amide bonds. The molecule has 0 spiro atoms. The van der Waals surface area contributed by atoms with Crippen molar-refractivity contribution in [3.05, 3.63) is 45.3 Å². The number of anilines is 2. The summed E-state index contributed by atoms with van der Waals surface area (Å²) in [6, 6.07) is 7.81. The quantitative estimate of drug-likeness (QED) is 0.843. The second kappa shape index (κ2) is 5.67. The summed E-state index contributed by atoms with van der Waals surface area (Å²) in [5, 5.41) is 3.69. The number of benzene rings is 1. The van der Waals surface area contributed by atoms with Gasteiger partial charge in [-0.25, -0.2) is 9.97 Å². The van der Waals surface area contributed by atoms with Crippen LogP contribution in [0.3, 0.4) is 0 Å². The van der Waals surface area contributed by atoms with Crippen LogP contribution < -0.4 is 5.32 Å². The number of halogens is 2. The van der Waals surface area contributed by atoms with Gasteiger partial charge in [0.25, 0.3) is 0 Å². The van der Waals surface area contributed by atoms with Gasteiger partial charge >= 0.3 is 0 Å². The highest BCUT2D eigenvalue weighted by atomic mass is 79.9. The summed E-state index contributed by atoms with van der Waals surface area (Å²) in [7, 11) is 0. The van der Waals surface area contributed by atoms with E-state index in [9.17, 15) is 0 Å². The largest absolute Gasteiger partial charge is 0.340 e. The van der Waals surface area contributed by atoms with E-state index in [0.717, 1.165) is 22.4 Å². The lowest BCUT2D eigenvalue weighted by Crippen LogP contribution is -1.99. The lowest BCUT2D eigenvalue weighted by atomic mass is 10.2. The van der Waals surface area contributed by atoms with E-state index in [2.05, 4.69) is 37.3 Å². The lowest BCUT2D eigenvalue weighted by molar-refractivity contribution is 0.943. The lowest BCUT2D eigenvalue weighted by Gasteiger charge is -2.08. The Hall–Kier alpha value is -1.13. The Balaban J connectivity index is 2.30. The Morgan fingerprint density at radius 2 is 2.00 bits per heavy atom. The van der Waals surface area contributed by atoms with Crippen molar-refractivity contribution in [2.45, 2.75) is 20.3 Å². The van der Waals surface area contributed by atoms with Crippen molar-refractivity contribution in [3.8, 4) is 0 Å². The Kier molecular flexibility index (Phi) is 4.19. The summed E-state index contributed by atoms with van der Waals surface area (Å²) >= 11 is 9.43. The molecule has 1 N–H and O–H groups in total. The number of nitrogens with zero attached hydrogens (tertiary/aromatic N) is 2. The topological polar surface area (TPSA) is 37.8 Å². The minimum Gasteiger partial charge on any atom is -0.340 e. The molecule has 0 saturated carbocycles. The van der Waals surface area contributed by atoms with Crippen molar-refractivity contribution in [1.29, 1.82) is 0 Å². The van der Waals surface area contributed by atoms with Crippen molar-refractivity contribution in [1.82, 2.24) is 9.97 Å². The van der Waals surface area contributed by atoms with Crippen molar-refractivity contribution in [3.63, 3.8) is 0 Å². The second-order valence-electron chi connectivity index (χ2n) is 3.99. The SMILES string of the molecule is CCc1nc(Cl)cc(Nc2cc(C)cc(Br)c2)n1. The monoisotopic (exact) mass is 325 g/mol. The Bertz CT molecular complexity index is 552. The van der Waals surface area contributed by atoms with E-state index in [1.807, 2.05) is 26.0 Å². The van der Waals surface area contributed by atoms with Crippen LogP contribution in [0.1, 0.15) is 18.3 Å². The zero-order valence-corrected chi connectivity index (χ0v) is 12.5. The molecule has 0 radical (unpaired) electrons. The smallest absolute Gasteiger partial charge is 0.135 e. The molecule has 0 bridgehead atoms. The summed E-state index contributed by atoms with van der Waals surface area (Å²) in [4.78, 5) is 8.52. The van der Waals surface area contributed by atoms with Crippen LogP contribution in [0.5, 0.6) is 0 Å². The average Bonchev–Trinajstić information content (AvgIpc) is 2.26. The van der Waals surface area contributed by atoms with Gasteiger partial charge in [0.05, 0.1) is 0 Å². The molecule has 0 unspecified atom stereocenters. The van der Waals surface area contributed by atoms with E-state index in [0.29, 0.717) is 11.0 Å². The number of hydrogen-bond donors (Lipinski definition) is 1. The maximum Gasteiger partial charge on any atom is 0.135 e. The molecule has 1 heterocycles. The highest BCUT2D eigenvalue weighted by Crippen LogP contribution is 2.23. The van der Waals surface area contributed by atoms with E-state index >= 15 is 0 Å². The van der Waals surface area contributed by atoms with E-state index in [4.69, 9.17) is 11.6 Å². The fraction of sp³-hybridized carbons (Fsp3) is 0.231. The molecule has 0 saturated heterocycles. The summed E-state index contributed by atoms with van der Waals surface area (Å²) in [6.45, 7) is 4.04. The summed E-state index contributed by atoms with van der Waals surface area (Å²) in [5.74, 6) is 1.45. The van der Waals surface area contributed by atoms with Gasteiger partial charge in [0.15, 0.2) is 0 Å². The van der Waals surface area contributed by atoms with Gasteiger partial charge in [-0.1, -0.05) is 34.5 Å². The fourth-order valence-electron chi connectivity index (χ4n) is 1.64. The van der Waals surface area contributed by atoms with Crippen LogP contribution in [-0.4, -0.2) is 9.97 Å². The Morgan fingerprint density at radius 3 is 2.67 bits per heavy atom. The highest BCUT2D eigenvalue weighted by Gasteiger charge is 2.03. The molecule has 3 nitrogen and oxygen atoms in total. The van der Waals surface area contributed by atoms with E-state index < -0.39 is 0 Å². The van der Waals surface area contributed by atoms with Gasteiger partial charge in [-0.3, -0.25) is 0 Å². The third kappa shape index (κ3) is 3.43. The standard InChI is InChI=1S/C13H13BrClN3/c1-3-12-17-11(15)7-13(18-12)16-10-5-8(2)4-9(14)6-10/h4-7H,3H2,1-2H3,(H,16,17,18). The molecule has 0 atom stereocenters. The Labute approximate surface area is 120 Å². The minimum atomic E-state index is 0.455. The molecule has 2 rings (SSSR count). The number of rotatable bonds is 3. The molecule has 0 aliphatic carbocycles. The minimum absolute atomic E-state index is 0.455. The third-order valence-corrected chi connectivity index (χ3v) is 3.02. The van der Waals surface area contributed by atoms with Gasteiger partial charge in [-0.15, -0.1) is 0 Å². The summed E-state index contributed by atoms with van der Waals surface area (Å²) in [6.07, 6.45) is 0.757. The molecule has 0 aliphatic heterocycles. The molecule has 1 aromatic heterocycles. The molecule has 2 aromatic rings. The first-order chi connectivity index (χ1) is 8.56. The van der Waals surface area contributed by atoms with Crippen LogP contribution in [0.4, 0.5) is 11.5 Å². The van der Waals surface area contributed by atoms with E-state index in [1.54, 1.807) is 6.07 Å². The second-order valence-corrected chi connectivity index (χ2v) is 5.29. The number of aryl methyl sites for hydroxylation is 2. The zero-order chi connectivity index (χ0) is 13.1. The molecule has 0 fully saturated rings. The molecule has 1 aromatic carbocycles. The van der Waals surface area contributed by atoms with Crippen LogP contribution >= 0.6 is 27.5 Å². The molecule has 94 valence electrons. The van der Waals surface area contributed by atoms with Crippen LogP contribution in [-0.2, 0) is 6.42 Å². The van der Waals surface area contributed by atoms with Crippen LogP contribution in [0.2, 0.25) is 5.15 Å². The predicted molar refractivity (Wildman–Crippen MR) is 78.6 cm³/mol. The summed E-state index contributed by atoms with van der Waals surface area (Å²) in [5.41, 5.74) is 2.14. The molecule has 18 heavy (non-hydrogen) atoms. The maximum absolute atomic E-state index is 5.96. The molecular formula is C13H13BrClN3. The molecule has 5 heteroatoms. The van der Waals surface area contributed by atoms with Gasteiger partial charge in [0.1, 0.15) is 16.8 Å². The number of nitrogens with one attached hydrogen (secondary N) is 1. The Morgan fingerprint density at radius 1 is 1.22 bits per heavy atom. The van der Waals surface area contributed by atoms with Crippen LogP contribution in [0.25, 0.3) is 0 Å². The van der Waals surface area contributed by atoms with Gasteiger partial charge in [-0.05, 0) is 30.7 Å². The van der Waals surface area contributed by atoms with Crippen molar-refractivity contribution in [2.75, 3.05) is 5.32 Å². The van der Waals surface area contributed by atoms with Crippen molar-refractivity contribution < 1.29 is 0 Å². The first-order valence-electron chi connectivity index (χ1n) is 5.64. The zero-order valence-electron chi connectivity index (χ0n) is 10.2. The molecule has 0 aliphatic rings. The predicted octanol–water partition coefficient (Wildman–Crippen LogP) is 4.51. The number of hydrogen-bond acceptors (Lipinski definition) is 3. The normalized spacial score (nSPS) is 10.4. The van der Waals surface area contributed by atoms with Crippen molar-refractivity contribution >= 4 is 39.0 Å². The van der Waals surface area contributed by atoms with Gasteiger partial charge in [0, 0.05) is 22.6 Å². The fourth-order valence-corrected chi connectivity index (χ4v) is 2.45. The first-order valence-corrected chi connectivity index (χ1v) is 6.81. The van der Waals surface area contributed by atoms with Gasteiger partial charge in [0.2, 0.25) is 0 Å². The summed E-state index contributed by atoms with van der Waals surface area (Å²) < 4.78 is 1.03. The van der Waals surface area contributed by atoms with Crippen molar-refractivity contribution in [2.24, 2.45) is 0 Å². The van der Waals surface area contributed by atoms with Gasteiger partial charge in [-0.2, -0.15) is 0 Å². The van der Waals surface area contributed by atoms with E-state index in [-0.39, 0.29) is 0 Å². The van der Waals surface area contributed by atoms with Crippen LogP contribution in [0.15, 0.2) is 28.7 Å². The first kappa shape index (κ1) is 13.3.